The molecule has 0 N–H and O–H groups in total. The molecular formula is C18H25F3N2O. The first kappa shape index (κ1) is 17.7. The van der Waals surface area contributed by atoms with E-state index < -0.39 is 12.7 Å². The van der Waals surface area contributed by atoms with Crippen molar-refractivity contribution >= 4 is 0 Å². The fourth-order valence-electron chi connectivity index (χ4n) is 3.69. The number of ether oxygens (including phenoxy) is 1. The Labute approximate surface area is 141 Å². The Morgan fingerprint density at radius 2 is 1.92 bits per heavy atom. The normalized spacial score (nSPS) is 23.2. The van der Waals surface area contributed by atoms with Gasteiger partial charge in [-0.25, -0.2) is 0 Å². The monoisotopic (exact) mass is 342 g/mol. The molecule has 1 aromatic rings. The second-order valence-corrected chi connectivity index (χ2v) is 6.78. The van der Waals surface area contributed by atoms with E-state index in [4.69, 9.17) is 4.74 Å². The maximum absolute atomic E-state index is 12.8. The topological polar surface area (TPSA) is 15.7 Å². The van der Waals surface area contributed by atoms with Gasteiger partial charge in [0.1, 0.15) is 0 Å². The summed E-state index contributed by atoms with van der Waals surface area (Å²) in [4.78, 5) is 3.94. The number of hydrogen-bond acceptors (Lipinski definition) is 3. The van der Waals surface area contributed by atoms with Crippen LogP contribution in [-0.2, 0) is 24.2 Å². The zero-order valence-corrected chi connectivity index (χ0v) is 14.1. The quantitative estimate of drug-likeness (QED) is 0.836. The standard InChI is InChI=1S/C18H25F3N2O/c1-2-17-10-16-9-14(11-22-5-7-24-8-6-22)3-4-15(16)12-23(17)13-18(19,20)21/h3-4,9,17H,2,5-8,10-13H2,1H3. The summed E-state index contributed by atoms with van der Waals surface area (Å²) in [6.45, 7) is 5.86. The zero-order valence-electron chi connectivity index (χ0n) is 14.1. The van der Waals surface area contributed by atoms with Crippen molar-refractivity contribution in [1.82, 2.24) is 9.80 Å². The van der Waals surface area contributed by atoms with Crippen LogP contribution in [-0.4, -0.2) is 54.9 Å². The first-order valence-electron chi connectivity index (χ1n) is 8.66. The summed E-state index contributed by atoms with van der Waals surface area (Å²) in [5.74, 6) is 0. The average Bonchev–Trinajstić information content (AvgIpc) is 2.54. The maximum Gasteiger partial charge on any atom is 0.401 e. The molecule has 0 amide bonds. The van der Waals surface area contributed by atoms with Crippen molar-refractivity contribution in [2.45, 2.75) is 45.1 Å². The van der Waals surface area contributed by atoms with Crippen LogP contribution in [0.2, 0.25) is 0 Å². The van der Waals surface area contributed by atoms with Crippen LogP contribution >= 0.6 is 0 Å². The van der Waals surface area contributed by atoms with E-state index in [0.29, 0.717) is 13.0 Å². The van der Waals surface area contributed by atoms with Crippen LogP contribution in [0.1, 0.15) is 30.0 Å². The van der Waals surface area contributed by atoms with Gasteiger partial charge in [-0.05, 0) is 29.5 Å². The highest BCUT2D eigenvalue weighted by Gasteiger charge is 2.35. The molecule has 24 heavy (non-hydrogen) atoms. The van der Waals surface area contributed by atoms with Crippen LogP contribution in [0.15, 0.2) is 18.2 Å². The van der Waals surface area contributed by atoms with Crippen molar-refractivity contribution in [1.29, 1.82) is 0 Å². The summed E-state index contributed by atoms with van der Waals surface area (Å²) in [6, 6.07) is 6.24. The molecular weight excluding hydrogens is 317 g/mol. The van der Waals surface area contributed by atoms with Gasteiger partial charge < -0.3 is 4.74 Å². The maximum atomic E-state index is 12.8. The van der Waals surface area contributed by atoms with Gasteiger partial charge in [-0.1, -0.05) is 25.1 Å². The number of fused-ring (bicyclic) bond motifs is 1. The van der Waals surface area contributed by atoms with Crippen molar-refractivity contribution in [3.63, 3.8) is 0 Å². The Morgan fingerprint density at radius 3 is 2.58 bits per heavy atom. The smallest absolute Gasteiger partial charge is 0.379 e. The third kappa shape index (κ3) is 4.49. The summed E-state index contributed by atoms with van der Waals surface area (Å²) in [6.07, 6.45) is -2.69. The second kappa shape index (κ2) is 7.42. The number of rotatable bonds is 4. The molecule has 2 aliphatic rings. The Balaban J connectivity index is 1.71. The molecule has 1 unspecified atom stereocenters. The molecule has 1 saturated heterocycles. The van der Waals surface area contributed by atoms with E-state index in [1.54, 1.807) is 4.90 Å². The van der Waals surface area contributed by atoms with E-state index >= 15 is 0 Å². The van der Waals surface area contributed by atoms with Crippen molar-refractivity contribution in [3.05, 3.63) is 34.9 Å². The minimum atomic E-state index is -4.14. The first-order chi connectivity index (χ1) is 11.4. The van der Waals surface area contributed by atoms with Crippen molar-refractivity contribution in [2.24, 2.45) is 0 Å². The van der Waals surface area contributed by atoms with Crippen LogP contribution in [0.5, 0.6) is 0 Å². The highest BCUT2D eigenvalue weighted by atomic mass is 19.4. The molecule has 2 heterocycles. The second-order valence-electron chi connectivity index (χ2n) is 6.78. The van der Waals surface area contributed by atoms with E-state index in [1.165, 1.54) is 11.1 Å². The van der Waals surface area contributed by atoms with E-state index in [-0.39, 0.29) is 6.04 Å². The molecule has 0 aromatic heterocycles. The summed E-state index contributed by atoms with van der Waals surface area (Å²) in [7, 11) is 0. The van der Waals surface area contributed by atoms with Gasteiger partial charge >= 0.3 is 6.18 Å². The van der Waals surface area contributed by atoms with Gasteiger partial charge in [0.25, 0.3) is 0 Å². The van der Waals surface area contributed by atoms with E-state index in [0.717, 1.165) is 44.8 Å². The van der Waals surface area contributed by atoms with Crippen molar-refractivity contribution < 1.29 is 17.9 Å². The molecule has 134 valence electrons. The molecule has 0 aliphatic carbocycles. The molecule has 2 aliphatic heterocycles. The average molecular weight is 342 g/mol. The van der Waals surface area contributed by atoms with Crippen LogP contribution < -0.4 is 0 Å². The SMILES string of the molecule is CCC1Cc2cc(CN3CCOCC3)ccc2CN1CC(F)(F)F. The van der Waals surface area contributed by atoms with Crippen LogP contribution in [0, 0.1) is 0 Å². The van der Waals surface area contributed by atoms with Crippen LogP contribution in [0.3, 0.4) is 0 Å². The predicted molar refractivity (Wildman–Crippen MR) is 86.8 cm³/mol. The van der Waals surface area contributed by atoms with Gasteiger partial charge in [0.2, 0.25) is 0 Å². The molecule has 6 heteroatoms. The molecule has 1 aromatic carbocycles. The highest BCUT2D eigenvalue weighted by molar-refractivity contribution is 5.34. The number of halogens is 3. The Morgan fingerprint density at radius 1 is 1.17 bits per heavy atom. The summed E-state index contributed by atoms with van der Waals surface area (Å²) in [5.41, 5.74) is 3.50. The molecule has 1 fully saturated rings. The Hall–Kier alpha value is -1.11. The van der Waals surface area contributed by atoms with Crippen LogP contribution in [0.25, 0.3) is 0 Å². The summed E-state index contributed by atoms with van der Waals surface area (Å²) >= 11 is 0. The molecule has 0 radical (unpaired) electrons. The largest absolute Gasteiger partial charge is 0.401 e. The summed E-state index contributed by atoms with van der Waals surface area (Å²) in [5, 5.41) is 0. The summed E-state index contributed by atoms with van der Waals surface area (Å²) < 4.78 is 43.7. The number of morpholine rings is 1. The van der Waals surface area contributed by atoms with Gasteiger partial charge in [-0.3, -0.25) is 9.80 Å². The molecule has 1 atom stereocenters. The Bertz CT molecular complexity index is 556. The number of hydrogen-bond donors (Lipinski definition) is 0. The van der Waals surface area contributed by atoms with Gasteiger partial charge in [-0.15, -0.1) is 0 Å². The highest BCUT2D eigenvalue weighted by Crippen LogP contribution is 2.29. The number of nitrogens with zero attached hydrogens (tertiary/aromatic N) is 2. The third-order valence-corrected chi connectivity index (χ3v) is 4.98. The third-order valence-electron chi connectivity index (χ3n) is 4.98. The van der Waals surface area contributed by atoms with Gasteiger partial charge in [0.05, 0.1) is 19.8 Å². The molecule has 0 spiro atoms. The zero-order chi connectivity index (χ0) is 17.2. The Kier molecular flexibility index (Phi) is 5.47. The van der Waals surface area contributed by atoms with E-state index in [2.05, 4.69) is 17.0 Å². The molecule has 0 saturated carbocycles. The lowest BCUT2D eigenvalue weighted by Gasteiger charge is -2.37. The van der Waals surface area contributed by atoms with Crippen LogP contribution in [0.4, 0.5) is 13.2 Å². The first-order valence-corrected chi connectivity index (χ1v) is 8.66. The molecule has 3 nitrogen and oxygen atoms in total. The predicted octanol–water partition coefficient (Wildman–Crippen LogP) is 3.22. The minimum Gasteiger partial charge on any atom is -0.379 e. The lowest BCUT2D eigenvalue weighted by molar-refractivity contribution is -0.153. The van der Waals surface area contributed by atoms with Gasteiger partial charge in [0, 0.05) is 32.2 Å². The van der Waals surface area contributed by atoms with E-state index in [1.807, 2.05) is 13.0 Å². The fourth-order valence-corrected chi connectivity index (χ4v) is 3.69. The van der Waals surface area contributed by atoms with Gasteiger partial charge in [-0.2, -0.15) is 13.2 Å². The lowest BCUT2D eigenvalue weighted by Crippen LogP contribution is -2.45. The lowest BCUT2D eigenvalue weighted by atomic mass is 9.91. The minimum absolute atomic E-state index is 0.0299. The van der Waals surface area contributed by atoms with Crippen molar-refractivity contribution in [2.75, 3.05) is 32.8 Å². The number of benzene rings is 1. The molecule has 0 bridgehead atoms. The molecule has 3 rings (SSSR count). The number of alkyl halides is 3. The fraction of sp³-hybridized carbons (Fsp3) is 0.667. The van der Waals surface area contributed by atoms with Crippen molar-refractivity contribution in [3.8, 4) is 0 Å². The van der Waals surface area contributed by atoms with Gasteiger partial charge in [0.15, 0.2) is 0 Å². The van der Waals surface area contributed by atoms with E-state index in [9.17, 15) is 13.2 Å².